The molecule has 2 rings (SSSR count). The molecule has 17 nitrogen and oxygen atoms in total. The average Bonchev–Trinajstić information content (AvgIpc) is 2.95. The summed E-state index contributed by atoms with van der Waals surface area (Å²) in [6.45, 7) is 15.0. The fourth-order valence-corrected chi connectivity index (χ4v) is 3.50. The number of aliphatic hydroxyl groups is 7. The number of amides is 2. The van der Waals surface area contributed by atoms with Crippen molar-refractivity contribution in [1.82, 2.24) is 10.6 Å². The lowest BCUT2D eigenvalue weighted by Crippen LogP contribution is -2.64. The number of carbonyl (C=O) groups excluding carboxylic acids is 4. The molecule has 2 fully saturated rings. The molecular formula is C27H44N2O15. The second-order valence-electron chi connectivity index (χ2n) is 9.77. The highest BCUT2D eigenvalue weighted by molar-refractivity contribution is 5.87. The third kappa shape index (κ3) is 13.6. The van der Waals surface area contributed by atoms with Crippen LogP contribution in [0.2, 0.25) is 0 Å². The van der Waals surface area contributed by atoms with E-state index >= 15 is 0 Å². The number of hydrogen-bond acceptors (Lipinski definition) is 15. The lowest BCUT2D eigenvalue weighted by Gasteiger charge is -2.40. The first-order valence-corrected chi connectivity index (χ1v) is 13.2. The normalized spacial score (nSPS) is 30.9. The van der Waals surface area contributed by atoms with E-state index in [1.54, 1.807) is 6.92 Å². The van der Waals surface area contributed by atoms with E-state index in [0.29, 0.717) is 5.57 Å². The maximum absolute atomic E-state index is 11.2. The van der Waals surface area contributed by atoms with Crippen LogP contribution in [0.25, 0.3) is 0 Å². The third-order valence-electron chi connectivity index (χ3n) is 5.77. The Bertz CT molecular complexity index is 1010. The summed E-state index contributed by atoms with van der Waals surface area (Å²) in [6, 6.07) is -2.25. The van der Waals surface area contributed by atoms with E-state index in [2.05, 4.69) is 35.1 Å². The molecule has 252 valence electrons. The molecule has 0 bridgehead atoms. The molecule has 0 aromatic heterocycles. The molecule has 9 N–H and O–H groups in total. The number of carbonyl (C=O) groups is 4. The molecule has 0 aromatic carbocycles. The second-order valence-corrected chi connectivity index (χ2v) is 9.77. The number of ether oxygens (including phenoxy) is 4. The Morgan fingerprint density at radius 3 is 1.45 bits per heavy atom. The van der Waals surface area contributed by atoms with Crippen molar-refractivity contribution >= 4 is 23.8 Å². The fraction of sp³-hybridized carbons (Fsp3) is 0.630. The molecule has 17 heteroatoms. The first kappa shape index (κ1) is 40.7. The SMILES string of the molecule is C=C(C)C(=O)OCC1O[C@@H](O)C(NC(C)=O)[C@@H](O)[C@@H]1O.C=CCOC(=O)C(=C)C.CC(=O)NC1[C@H](O)OC(CO)[C@@H](O)[C@@H]1O. The topological polar surface area (TPSA) is 271 Å². The quantitative estimate of drug-likeness (QED) is 0.0668. The highest BCUT2D eigenvalue weighted by Crippen LogP contribution is 2.21. The Hall–Kier alpha value is -3.26. The van der Waals surface area contributed by atoms with Gasteiger partial charge < -0.3 is 65.3 Å². The van der Waals surface area contributed by atoms with Gasteiger partial charge in [0.1, 0.15) is 61.9 Å². The van der Waals surface area contributed by atoms with E-state index in [0.717, 1.165) is 0 Å². The molecule has 2 saturated heterocycles. The molecule has 2 heterocycles. The summed E-state index contributed by atoms with van der Waals surface area (Å²) in [7, 11) is 0. The lowest BCUT2D eigenvalue weighted by molar-refractivity contribution is -0.255. The van der Waals surface area contributed by atoms with Crippen LogP contribution in [0.5, 0.6) is 0 Å². The number of aliphatic hydroxyl groups excluding tert-OH is 7. The first-order chi connectivity index (χ1) is 20.4. The number of hydrogen-bond donors (Lipinski definition) is 9. The van der Waals surface area contributed by atoms with Crippen LogP contribution in [0.3, 0.4) is 0 Å². The van der Waals surface area contributed by atoms with E-state index in [1.165, 1.54) is 26.8 Å². The van der Waals surface area contributed by atoms with E-state index in [-0.39, 0.29) is 24.8 Å². The van der Waals surface area contributed by atoms with Gasteiger partial charge >= 0.3 is 11.9 Å². The third-order valence-corrected chi connectivity index (χ3v) is 5.77. The number of nitrogens with one attached hydrogen (secondary N) is 2. The van der Waals surface area contributed by atoms with Crippen molar-refractivity contribution in [3.8, 4) is 0 Å². The van der Waals surface area contributed by atoms with E-state index in [4.69, 9.17) is 19.3 Å². The largest absolute Gasteiger partial charge is 0.459 e. The summed E-state index contributed by atoms with van der Waals surface area (Å²) in [6.07, 6.45) is -9.22. The van der Waals surface area contributed by atoms with Crippen molar-refractivity contribution < 1.29 is 73.9 Å². The van der Waals surface area contributed by atoms with Gasteiger partial charge in [0.05, 0.1) is 6.61 Å². The number of rotatable bonds is 9. The molecule has 0 saturated carbocycles. The second kappa shape index (κ2) is 19.9. The molecule has 0 spiro atoms. The molecule has 0 radical (unpaired) electrons. The van der Waals surface area contributed by atoms with Crippen LogP contribution in [-0.4, -0.2) is 141 Å². The van der Waals surface area contributed by atoms with Crippen molar-refractivity contribution in [2.45, 2.75) is 89.0 Å². The maximum atomic E-state index is 11.2. The van der Waals surface area contributed by atoms with E-state index in [9.17, 15) is 49.8 Å². The molecule has 2 aliphatic heterocycles. The summed E-state index contributed by atoms with van der Waals surface area (Å²) in [5, 5.41) is 71.0. The molecule has 10 atom stereocenters. The van der Waals surface area contributed by atoms with E-state index < -0.39 is 85.7 Å². The first-order valence-electron chi connectivity index (χ1n) is 13.2. The Balaban J connectivity index is 0.000000679. The van der Waals surface area contributed by atoms with Crippen LogP contribution in [0.15, 0.2) is 37.0 Å². The van der Waals surface area contributed by atoms with Crippen molar-refractivity contribution in [3.63, 3.8) is 0 Å². The van der Waals surface area contributed by atoms with Crippen LogP contribution in [-0.2, 0) is 38.1 Å². The van der Waals surface area contributed by atoms with Gasteiger partial charge in [-0.1, -0.05) is 25.8 Å². The van der Waals surface area contributed by atoms with Crippen molar-refractivity contribution in [2.24, 2.45) is 0 Å². The van der Waals surface area contributed by atoms with Crippen LogP contribution >= 0.6 is 0 Å². The van der Waals surface area contributed by atoms with Gasteiger partial charge in [0.25, 0.3) is 0 Å². The fourth-order valence-electron chi connectivity index (χ4n) is 3.50. The standard InChI is InChI=1S/C12H19NO7.C8H15NO6.C7H10O2/c1-5(2)11(17)19-4-7-9(15)10(16)8(12(18)20-7)13-6(3)14;1-3(11)9-5-7(13)6(12)4(2-10)15-8(5)14;1-4-5-9-7(8)6(2)3/h7-10,12,15-16,18H,1,4H2,2-3H3,(H,13,14);4-8,10,12-14H,2H2,1H3,(H,9,11);4H,1-2,5H2,3H3/t7?,8?,9-,10-,12-;4?,5?,6-,7-,8-;/m11./s1. The number of esters is 2. The van der Waals surface area contributed by atoms with Crippen molar-refractivity contribution in [1.29, 1.82) is 0 Å². The van der Waals surface area contributed by atoms with Crippen LogP contribution < -0.4 is 10.6 Å². The summed E-state index contributed by atoms with van der Waals surface area (Å²) in [5.74, 6) is -1.99. The summed E-state index contributed by atoms with van der Waals surface area (Å²) >= 11 is 0. The zero-order chi connectivity index (χ0) is 34.3. The van der Waals surface area contributed by atoms with Gasteiger partial charge in [-0.05, 0) is 13.8 Å². The highest BCUT2D eigenvalue weighted by Gasteiger charge is 2.45. The Labute approximate surface area is 254 Å². The average molecular weight is 637 g/mol. The summed E-state index contributed by atoms with van der Waals surface area (Å²) in [4.78, 5) is 43.4. The van der Waals surface area contributed by atoms with Gasteiger partial charge in [-0.25, -0.2) is 9.59 Å². The van der Waals surface area contributed by atoms with Gasteiger partial charge in [0, 0.05) is 25.0 Å². The maximum Gasteiger partial charge on any atom is 0.333 e. The Morgan fingerprint density at radius 1 is 0.705 bits per heavy atom. The predicted octanol–water partition coefficient (Wildman–Crippen LogP) is -3.74. The molecule has 44 heavy (non-hydrogen) atoms. The molecule has 4 unspecified atom stereocenters. The highest BCUT2D eigenvalue weighted by atomic mass is 16.6. The van der Waals surface area contributed by atoms with E-state index in [1.807, 2.05) is 0 Å². The van der Waals surface area contributed by atoms with Crippen LogP contribution in [0.4, 0.5) is 0 Å². The van der Waals surface area contributed by atoms with Gasteiger partial charge in [-0.2, -0.15) is 0 Å². The lowest BCUT2D eigenvalue weighted by atomic mass is 9.97. The smallest absolute Gasteiger partial charge is 0.333 e. The zero-order valence-electron chi connectivity index (χ0n) is 25.0. The minimum absolute atomic E-state index is 0.174. The molecule has 2 amide bonds. The molecular weight excluding hydrogens is 592 g/mol. The summed E-state index contributed by atoms with van der Waals surface area (Å²) in [5.41, 5.74) is 0.587. The van der Waals surface area contributed by atoms with Crippen molar-refractivity contribution in [3.05, 3.63) is 37.0 Å². The van der Waals surface area contributed by atoms with Gasteiger partial charge in [0.2, 0.25) is 11.8 Å². The predicted molar refractivity (Wildman–Crippen MR) is 150 cm³/mol. The minimum Gasteiger partial charge on any atom is -0.459 e. The van der Waals surface area contributed by atoms with Crippen molar-refractivity contribution in [2.75, 3.05) is 19.8 Å². The zero-order valence-corrected chi connectivity index (χ0v) is 25.0. The minimum atomic E-state index is -1.52. The van der Waals surface area contributed by atoms with Gasteiger partial charge in [-0.3, -0.25) is 9.59 Å². The van der Waals surface area contributed by atoms with Crippen LogP contribution in [0.1, 0.15) is 27.7 Å². The Kier molecular flexibility index (Phi) is 18.4. The monoisotopic (exact) mass is 636 g/mol. The molecule has 0 aliphatic carbocycles. The van der Waals surface area contributed by atoms with Gasteiger partial charge in [-0.15, -0.1) is 0 Å². The van der Waals surface area contributed by atoms with Crippen LogP contribution in [0, 0.1) is 0 Å². The van der Waals surface area contributed by atoms with Gasteiger partial charge in [0.15, 0.2) is 12.6 Å². The summed E-state index contributed by atoms with van der Waals surface area (Å²) < 4.78 is 19.2. The molecule has 2 aliphatic rings. The molecule has 0 aromatic rings. The Morgan fingerprint density at radius 2 is 1.09 bits per heavy atom.